The second kappa shape index (κ2) is 18.9. The van der Waals surface area contributed by atoms with Gasteiger partial charge in [0, 0.05) is 62.6 Å². The van der Waals surface area contributed by atoms with Gasteiger partial charge < -0.3 is 23.8 Å². The predicted molar refractivity (Wildman–Crippen MR) is 243 cm³/mol. The Morgan fingerprint density at radius 2 is 1.23 bits per heavy atom. The Morgan fingerprint density at radius 1 is 0.750 bits per heavy atom. The van der Waals surface area contributed by atoms with Crippen molar-refractivity contribution in [2.45, 2.75) is 91.6 Å². The summed E-state index contributed by atoms with van der Waals surface area (Å²) < 4.78 is 28.4. The van der Waals surface area contributed by atoms with E-state index >= 15 is 0 Å². The van der Waals surface area contributed by atoms with Crippen molar-refractivity contribution in [1.82, 2.24) is 29.1 Å². The van der Waals surface area contributed by atoms with Crippen molar-refractivity contribution in [3.8, 4) is 0 Å². The molecule has 6 aromatic heterocycles. The second-order valence-corrected chi connectivity index (χ2v) is 17.8. The van der Waals surface area contributed by atoms with Crippen molar-refractivity contribution in [2.75, 3.05) is 0 Å². The molecule has 6 aromatic rings. The average molecular weight is 1020 g/mol. The van der Waals surface area contributed by atoms with Gasteiger partial charge in [0.25, 0.3) is 0 Å². The lowest BCUT2D eigenvalue weighted by Gasteiger charge is -2.32. The number of rotatable bonds is 1. The van der Waals surface area contributed by atoms with Crippen LogP contribution in [0.25, 0.3) is 32.7 Å². The van der Waals surface area contributed by atoms with Gasteiger partial charge in [-0.3, -0.25) is 9.13 Å². The summed E-state index contributed by atoms with van der Waals surface area (Å²) in [5.41, 5.74) is 1.19. The molecule has 0 amide bonds. The van der Waals surface area contributed by atoms with Crippen molar-refractivity contribution < 1.29 is 28.4 Å². The molecule has 1 aliphatic heterocycles. The summed E-state index contributed by atoms with van der Waals surface area (Å²) in [6.07, 6.45) is 9.53. The average Bonchev–Trinajstić information content (AvgIpc) is 3.84. The lowest BCUT2D eigenvalue weighted by atomic mass is 9.79. The first-order valence-corrected chi connectivity index (χ1v) is 20.6. The summed E-state index contributed by atoms with van der Waals surface area (Å²) in [7, 11) is -0.583. The van der Waals surface area contributed by atoms with E-state index in [-0.39, 0.29) is 13.5 Å². The molecule has 0 radical (unpaired) electrons. The Balaban J connectivity index is 0.000000240. The van der Waals surface area contributed by atoms with Crippen LogP contribution in [0.3, 0.4) is 0 Å². The van der Waals surface area contributed by atoms with E-state index in [4.69, 9.17) is 18.8 Å². The van der Waals surface area contributed by atoms with E-state index in [1.807, 2.05) is 106 Å². The molecule has 12 nitrogen and oxygen atoms in total. The highest BCUT2D eigenvalue weighted by Gasteiger charge is 2.52. The highest BCUT2D eigenvalue weighted by molar-refractivity contribution is 9.11. The third-order valence-electron chi connectivity index (χ3n) is 8.32. The highest BCUT2D eigenvalue weighted by atomic mass is 79.9. The molecule has 0 saturated carbocycles. The van der Waals surface area contributed by atoms with Crippen LogP contribution >= 0.6 is 61.3 Å². The number of fused-ring (bicyclic) bond motifs is 3. The van der Waals surface area contributed by atoms with Gasteiger partial charge in [0.05, 0.1) is 46.3 Å². The van der Waals surface area contributed by atoms with E-state index in [2.05, 4.69) is 90.1 Å². The van der Waals surface area contributed by atoms with Gasteiger partial charge in [-0.05, 0) is 147 Å². The number of ether oxygens (including phenoxy) is 2. The van der Waals surface area contributed by atoms with Gasteiger partial charge in [-0.25, -0.2) is 24.5 Å². The van der Waals surface area contributed by atoms with Gasteiger partial charge in [-0.1, -0.05) is 0 Å². The summed E-state index contributed by atoms with van der Waals surface area (Å²) in [5, 5.41) is 2.95. The van der Waals surface area contributed by atoms with Crippen LogP contribution in [0.4, 0.5) is 9.59 Å². The molecule has 0 unspecified atom stereocenters. The molecular formula is C37H44BBr3N6O6S3. The van der Waals surface area contributed by atoms with Crippen molar-refractivity contribution in [3.63, 3.8) is 0 Å². The topological polar surface area (TPSA) is 135 Å². The molecule has 7 heterocycles. The molecule has 0 aliphatic carbocycles. The minimum absolute atomic E-state index is 0. The number of pyridine rings is 3. The predicted octanol–water partition coefficient (Wildman–Crippen LogP) is 9.90. The number of carbonyl (C=O) groups is 2. The third-order valence-corrected chi connectivity index (χ3v) is 9.62. The van der Waals surface area contributed by atoms with E-state index in [9.17, 15) is 9.59 Å². The second-order valence-electron chi connectivity index (χ2n) is 15.4. The number of nitrogens with zero attached hydrogens (tertiary/aromatic N) is 5. The monoisotopic (exact) mass is 1010 g/mol. The fourth-order valence-corrected chi connectivity index (χ4v) is 6.17. The van der Waals surface area contributed by atoms with Crippen molar-refractivity contribution in [2.24, 2.45) is 0 Å². The zero-order chi connectivity index (χ0) is 41.1. The Labute approximate surface area is 368 Å². The normalized spacial score (nSPS) is 14.4. The Hall–Kier alpha value is -2.78. The maximum atomic E-state index is 12.7. The van der Waals surface area contributed by atoms with E-state index in [1.165, 1.54) is 14.5 Å². The van der Waals surface area contributed by atoms with Crippen LogP contribution < -0.4 is 5.46 Å². The van der Waals surface area contributed by atoms with Crippen LogP contribution in [0.15, 0.2) is 81.3 Å². The number of aromatic nitrogens is 6. The van der Waals surface area contributed by atoms with Crippen LogP contribution in [0.1, 0.15) is 69.2 Å². The molecule has 7 rings (SSSR count). The molecule has 1 saturated heterocycles. The summed E-state index contributed by atoms with van der Waals surface area (Å²) in [6.45, 7) is 19.0. The van der Waals surface area contributed by atoms with Crippen molar-refractivity contribution in [1.29, 1.82) is 0 Å². The highest BCUT2D eigenvalue weighted by Crippen LogP contribution is 2.37. The van der Waals surface area contributed by atoms with Crippen LogP contribution in [0, 0.1) is 0 Å². The quantitative estimate of drug-likeness (QED) is 0.125. The number of nitrogens with one attached hydrogen (secondary N) is 1. The maximum absolute atomic E-state index is 12.7. The van der Waals surface area contributed by atoms with Crippen molar-refractivity contribution >= 4 is 141 Å². The Kier molecular flexibility index (Phi) is 16.0. The SMILES string of the molecule is Brc1cc2cc[nH]c2cn1.CC(C)(C)OC(=O)n1cc(B2OC(C)(C)C(C)(C)O2)c2cc(Br)ncc21.CC(C)(C)OC(=O)n1ccc2cc(Br)ncc21.S.S=S. The maximum Gasteiger partial charge on any atom is 0.497 e. The van der Waals surface area contributed by atoms with E-state index in [1.54, 1.807) is 31.0 Å². The molecule has 0 spiro atoms. The number of carbonyl (C=O) groups excluding carboxylic acids is 2. The van der Waals surface area contributed by atoms with Crippen LogP contribution in [-0.2, 0) is 41.2 Å². The lowest BCUT2D eigenvalue weighted by molar-refractivity contribution is 0.00578. The minimum Gasteiger partial charge on any atom is -0.443 e. The largest absolute Gasteiger partial charge is 0.497 e. The van der Waals surface area contributed by atoms with Crippen LogP contribution in [0.5, 0.6) is 0 Å². The minimum atomic E-state index is -0.596. The molecule has 0 atom stereocenters. The lowest BCUT2D eigenvalue weighted by Crippen LogP contribution is -2.41. The smallest absolute Gasteiger partial charge is 0.443 e. The molecule has 0 bridgehead atoms. The molecule has 1 fully saturated rings. The first kappa shape index (κ1) is 47.6. The summed E-state index contributed by atoms with van der Waals surface area (Å²) in [6, 6.07) is 9.56. The molecule has 1 aliphatic rings. The summed E-state index contributed by atoms with van der Waals surface area (Å²) in [4.78, 5) is 40.1. The standard InChI is InChI=1S/C18H24BBrN2O4.C12H13BrN2O2.C7H5BrN2.S2.H2S/c1-16(2,3)24-15(23)22-10-12(11-8-14(20)21-9-13(11)22)19-25-17(4,5)18(6,7)26-19;1-12(2,3)17-11(16)15-5-4-8-6-10(13)14-7-9(8)15;8-7-3-5-1-2-9-6(5)4-10-7;1-2;/h8-10H,1-7H3;4-7H,1-3H3;1-4,9H;;1H2. The number of halogens is 3. The van der Waals surface area contributed by atoms with Gasteiger partial charge >= 0.3 is 19.3 Å². The van der Waals surface area contributed by atoms with Crippen LogP contribution in [0.2, 0.25) is 0 Å². The van der Waals surface area contributed by atoms with E-state index in [0.717, 1.165) is 36.5 Å². The first-order chi connectivity index (χ1) is 25.5. The third kappa shape index (κ3) is 11.9. The molecular weight excluding hydrogens is 971 g/mol. The number of H-pyrrole nitrogens is 1. The Bertz CT molecular complexity index is 2300. The number of aromatic amines is 1. The van der Waals surface area contributed by atoms with Gasteiger partial charge in [-0.15, -0.1) is 0 Å². The van der Waals surface area contributed by atoms with Gasteiger partial charge in [0.2, 0.25) is 0 Å². The number of hydrogen-bond acceptors (Lipinski definition) is 11. The van der Waals surface area contributed by atoms with Gasteiger partial charge in [0.15, 0.2) is 0 Å². The van der Waals surface area contributed by atoms with Crippen molar-refractivity contribution in [3.05, 3.63) is 81.3 Å². The molecule has 19 heteroatoms. The first-order valence-electron chi connectivity index (χ1n) is 16.9. The fraction of sp³-hybridized carbons (Fsp3) is 0.378. The molecule has 1 N–H and O–H groups in total. The zero-order valence-corrected chi connectivity index (χ0v) is 40.0. The Morgan fingerprint density at radius 3 is 1.79 bits per heavy atom. The molecule has 300 valence electrons. The molecule has 0 aromatic carbocycles. The zero-order valence-electron chi connectivity index (χ0n) is 32.6. The van der Waals surface area contributed by atoms with E-state index < -0.39 is 41.7 Å². The van der Waals surface area contributed by atoms with E-state index in [0.29, 0.717) is 10.1 Å². The summed E-state index contributed by atoms with van der Waals surface area (Å²) >= 11 is 17.3. The molecule has 56 heavy (non-hydrogen) atoms. The fourth-order valence-electron chi connectivity index (χ4n) is 5.14. The van der Waals surface area contributed by atoms with Crippen LogP contribution in [-0.4, -0.2) is 70.8 Å². The summed E-state index contributed by atoms with van der Waals surface area (Å²) in [5.74, 6) is 0. The van der Waals surface area contributed by atoms with Gasteiger partial charge in [-0.2, -0.15) is 13.5 Å². The number of hydrogen-bond donors (Lipinski definition) is 1. The van der Waals surface area contributed by atoms with Gasteiger partial charge in [0.1, 0.15) is 25.0 Å².